The lowest BCUT2D eigenvalue weighted by Crippen LogP contribution is -2.17. The zero-order valence-corrected chi connectivity index (χ0v) is 12.3. The number of carbonyl (C=O) groups excluding carboxylic acids is 1. The van der Waals surface area contributed by atoms with Crippen LogP contribution in [-0.2, 0) is 9.59 Å². The van der Waals surface area contributed by atoms with Crippen molar-refractivity contribution in [2.75, 3.05) is 6.61 Å². The predicted octanol–water partition coefficient (Wildman–Crippen LogP) is 2.29. The van der Waals surface area contributed by atoms with Gasteiger partial charge in [0.2, 0.25) is 0 Å². The average molecular weight is 330 g/mol. The Morgan fingerprint density at radius 3 is 2.85 bits per heavy atom. The van der Waals surface area contributed by atoms with Gasteiger partial charge in [-0.3, -0.25) is 4.79 Å². The second-order valence-corrected chi connectivity index (χ2v) is 5.85. The zero-order chi connectivity index (χ0) is 14.7. The molecule has 1 saturated heterocycles. The molecule has 1 amide bonds. The minimum absolute atomic E-state index is 0.248. The monoisotopic (exact) mass is 329 g/mol. The quantitative estimate of drug-likeness (QED) is 0.652. The summed E-state index contributed by atoms with van der Waals surface area (Å²) in [6.07, 6.45) is 1.64. The summed E-state index contributed by atoms with van der Waals surface area (Å²) in [5, 5.41) is 11.3. The van der Waals surface area contributed by atoms with E-state index >= 15 is 0 Å². The topological polar surface area (TPSA) is 75.6 Å². The highest BCUT2D eigenvalue weighted by atomic mass is 35.5. The van der Waals surface area contributed by atoms with Crippen molar-refractivity contribution in [2.45, 2.75) is 0 Å². The summed E-state index contributed by atoms with van der Waals surface area (Å²) in [6, 6.07) is 4.81. The van der Waals surface area contributed by atoms with Gasteiger partial charge in [-0.25, -0.2) is 4.79 Å². The Hall–Kier alpha value is -1.57. The number of thioether (sulfide) groups is 1. The third-order valence-corrected chi connectivity index (χ3v) is 3.70. The third kappa shape index (κ3) is 3.72. The molecule has 2 rings (SSSR count). The first kappa shape index (κ1) is 14.8. The number of amides is 1. The molecule has 1 heterocycles. The molecule has 20 heavy (non-hydrogen) atoms. The van der Waals surface area contributed by atoms with Crippen molar-refractivity contribution in [2.24, 2.45) is 0 Å². The molecule has 2 N–H and O–H groups in total. The Balaban J connectivity index is 2.17. The van der Waals surface area contributed by atoms with Crippen LogP contribution in [0.1, 0.15) is 5.56 Å². The maximum absolute atomic E-state index is 11.5. The van der Waals surface area contributed by atoms with E-state index in [4.69, 9.17) is 33.7 Å². The fourth-order valence-electron chi connectivity index (χ4n) is 1.44. The summed E-state index contributed by atoms with van der Waals surface area (Å²) in [7, 11) is 0. The highest BCUT2D eigenvalue weighted by Gasteiger charge is 2.22. The molecule has 1 fully saturated rings. The molecule has 0 aromatic heterocycles. The summed E-state index contributed by atoms with van der Waals surface area (Å²) >= 11 is 12.0. The maximum atomic E-state index is 11.5. The van der Waals surface area contributed by atoms with E-state index in [1.54, 1.807) is 24.3 Å². The number of ether oxygens (including phenoxy) is 1. The number of carbonyl (C=O) groups is 2. The molecule has 0 aliphatic carbocycles. The Bertz CT molecular complexity index is 630. The molecule has 0 bridgehead atoms. The first-order valence-corrected chi connectivity index (χ1v) is 6.95. The lowest BCUT2D eigenvalue weighted by molar-refractivity contribution is -0.139. The summed E-state index contributed by atoms with van der Waals surface area (Å²) in [6.45, 7) is -0.466. The minimum atomic E-state index is -1.08. The van der Waals surface area contributed by atoms with Crippen LogP contribution in [0.3, 0.4) is 0 Å². The number of hydrogen-bond acceptors (Lipinski definition) is 5. The first-order valence-electron chi connectivity index (χ1n) is 5.34. The number of benzene rings is 1. The Kier molecular flexibility index (Phi) is 4.64. The van der Waals surface area contributed by atoms with E-state index in [0.717, 1.165) is 0 Å². The van der Waals surface area contributed by atoms with Crippen LogP contribution in [0.15, 0.2) is 23.1 Å². The van der Waals surface area contributed by atoms with Gasteiger partial charge in [-0.2, -0.15) is 0 Å². The van der Waals surface area contributed by atoms with Crippen molar-refractivity contribution in [3.63, 3.8) is 0 Å². The molecule has 0 atom stereocenters. The Morgan fingerprint density at radius 2 is 2.30 bits per heavy atom. The summed E-state index contributed by atoms with van der Waals surface area (Å²) < 4.78 is 5.41. The Labute approximate surface area is 128 Å². The third-order valence-electron chi connectivity index (χ3n) is 2.25. The number of carboxylic acids is 1. The largest absolute Gasteiger partial charge is 0.480 e. The molecule has 5 nitrogen and oxygen atoms in total. The van der Waals surface area contributed by atoms with Crippen LogP contribution in [0.25, 0.3) is 6.08 Å². The van der Waals surface area contributed by atoms with Crippen molar-refractivity contribution in [3.05, 3.63) is 33.7 Å². The lowest BCUT2D eigenvalue weighted by atomic mass is 10.2. The number of halogens is 1. The van der Waals surface area contributed by atoms with E-state index in [9.17, 15) is 9.59 Å². The van der Waals surface area contributed by atoms with Gasteiger partial charge in [-0.15, -0.1) is 0 Å². The fraction of sp³-hybridized carbons (Fsp3) is 0.0833. The van der Waals surface area contributed by atoms with Gasteiger partial charge in [-0.1, -0.05) is 41.6 Å². The van der Waals surface area contributed by atoms with Gasteiger partial charge < -0.3 is 15.2 Å². The Morgan fingerprint density at radius 1 is 1.55 bits per heavy atom. The van der Waals surface area contributed by atoms with Gasteiger partial charge in [-0.05, 0) is 23.8 Å². The van der Waals surface area contributed by atoms with Gasteiger partial charge in [0.15, 0.2) is 6.61 Å². The second kappa shape index (κ2) is 6.25. The molecular weight excluding hydrogens is 322 g/mol. The molecule has 8 heteroatoms. The van der Waals surface area contributed by atoms with Gasteiger partial charge >= 0.3 is 5.97 Å². The highest BCUT2D eigenvalue weighted by Crippen LogP contribution is 2.29. The normalized spacial score (nSPS) is 16.4. The standard InChI is InChI=1S/C12H8ClNO4S2/c13-7-3-6(1-2-8(7)18-5-10(15)16)4-9-11(17)14-12(19)20-9/h1-4H,5H2,(H,15,16)(H,14,17,19). The van der Waals surface area contributed by atoms with Crippen LogP contribution in [0.4, 0.5) is 0 Å². The first-order chi connectivity index (χ1) is 9.45. The minimum Gasteiger partial charge on any atom is -0.480 e. The molecule has 0 saturated carbocycles. The van der Waals surface area contributed by atoms with E-state index in [1.165, 1.54) is 11.8 Å². The van der Waals surface area contributed by atoms with Crippen molar-refractivity contribution in [3.8, 4) is 5.75 Å². The van der Waals surface area contributed by atoms with Crippen LogP contribution in [0.2, 0.25) is 5.02 Å². The summed E-state index contributed by atoms with van der Waals surface area (Å²) in [4.78, 5) is 22.4. The zero-order valence-electron chi connectivity index (χ0n) is 9.88. The number of carboxylic acid groups (broad SMARTS) is 1. The highest BCUT2D eigenvalue weighted by molar-refractivity contribution is 8.26. The van der Waals surface area contributed by atoms with E-state index in [0.29, 0.717) is 14.8 Å². The van der Waals surface area contributed by atoms with E-state index in [-0.39, 0.29) is 16.7 Å². The van der Waals surface area contributed by atoms with Crippen LogP contribution >= 0.6 is 35.6 Å². The lowest BCUT2D eigenvalue weighted by Gasteiger charge is -2.06. The van der Waals surface area contributed by atoms with Crippen molar-refractivity contribution < 1.29 is 19.4 Å². The van der Waals surface area contributed by atoms with Gasteiger partial charge in [0.05, 0.1) is 9.93 Å². The van der Waals surface area contributed by atoms with Gasteiger partial charge in [0.1, 0.15) is 10.1 Å². The molecule has 0 unspecified atom stereocenters. The molecule has 1 aliphatic rings. The van der Waals surface area contributed by atoms with Crippen LogP contribution in [0, 0.1) is 0 Å². The number of nitrogens with one attached hydrogen (secondary N) is 1. The van der Waals surface area contributed by atoms with Crippen LogP contribution in [-0.4, -0.2) is 27.9 Å². The van der Waals surface area contributed by atoms with E-state index in [1.807, 2.05) is 0 Å². The van der Waals surface area contributed by atoms with Gasteiger partial charge in [0, 0.05) is 0 Å². The fourth-order valence-corrected chi connectivity index (χ4v) is 2.72. The number of aliphatic carboxylic acids is 1. The van der Waals surface area contributed by atoms with E-state index in [2.05, 4.69) is 5.32 Å². The molecule has 1 aromatic carbocycles. The SMILES string of the molecule is O=C(O)COc1ccc(C=C2SC(=S)NC2=O)cc1Cl. The second-order valence-electron chi connectivity index (χ2n) is 3.72. The average Bonchev–Trinajstić information content (AvgIpc) is 2.66. The number of rotatable bonds is 4. The molecule has 1 aliphatic heterocycles. The van der Waals surface area contributed by atoms with Crippen molar-refractivity contribution in [1.29, 1.82) is 0 Å². The van der Waals surface area contributed by atoms with Crippen LogP contribution < -0.4 is 10.1 Å². The molecular formula is C12H8ClNO4S2. The van der Waals surface area contributed by atoms with E-state index < -0.39 is 12.6 Å². The molecule has 0 radical (unpaired) electrons. The van der Waals surface area contributed by atoms with Crippen LogP contribution in [0.5, 0.6) is 5.75 Å². The molecule has 104 valence electrons. The molecule has 1 aromatic rings. The van der Waals surface area contributed by atoms with Crippen molar-refractivity contribution >= 4 is 57.9 Å². The predicted molar refractivity (Wildman–Crippen MR) is 80.9 cm³/mol. The number of thiocarbonyl (C=S) groups is 1. The smallest absolute Gasteiger partial charge is 0.341 e. The van der Waals surface area contributed by atoms with Gasteiger partial charge in [0.25, 0.3) is 5.91 Å². The summed E-state index contributed by atoms with van der Waals surface area (Å²) in [5.74, 6) is -1.06. The maximum Gasteiger partial charge on any atom is 0.341 e. The molecule has 0 spiro atoms. The number of hydrogen-bond donors (Lipinski definition) is 2. The summed E-state index contributed by atoms with van der Waals surface area (Å²) in [5.41, 5.74) is 0.694. The van der Waals surface area contributed by atoms with Crippen molar-refractivity contribution in [1.82, 2.24) is 5.32 Å².